The van der Waals surface area contributed by atoms with Gasteiger partial charge >= 0.3 is 0 Å². The Morgan fingerprint density at radius 1 is 1.15 bits per heavy atom. The molecule has 1 aromatic rings. The third kappa shape index (κ3) is 5.58. The van der Waals surface area contributed by atoms with E-state index in [4.69, 9.17) is 23.2 Å². The Morgan fingerprint density at radius 3 is 2.10 bits per heavy atom. The molecular weight excluding hydrogens is 319 g/mol. The van der Waals surface area contributed by atoms with E-state index in [1.165, 1.54) is 23.1 Å². The first-order valence-electron chi connectivity index (χ1n) is 6.27. The van der Waals surface area contributed by atoms with Gasteiger partial charge in [0.25, 0.3) is 0 Å². The van der Waals surface area contributed by atoms with Crippen LogP contribution in [-0.2, 0) is 10.0 Å². The molecule has 0 aliphatic rings. The van der Waals surface area contributed by atoms with Gasteiger partial charge in [-0.25, -0.2) is 13.1 Å². The molecule has 0 heterocycles. The van der Waals surface area contributed by atoms with Gasteiger partial charge in [0.15, 0.2) is 0 Å². The fraction of sp³-hybridized carbons (Fsp3) is 0.538. The Labute approximate surface area is 131 Å². The van der Waals surface area contributed by atoms with Crippen LogP contribution >= 0.6 is 23.2 Å². The minimum absolute atomic E-state index is 0.0861. The summed E-state index contributed by atoms with van der Waals surface area (Å²) in [4.78, 5) is 1.35. The number of halogens is 2. The highest BCUT2D eigenvalue weighted by Gasteiger charge is 2.25. The fourth-order valence-electron chi connectivity index (χ4n) is 2.08. The van der Waals surface area contributed by atoms with Crippen molar-refractivity contribution >= 4 is 33.2 Å². The third-order valence-electron chi connectivity index (χ3n) is 2.72. The Morgan fingerprint density at radius 2 is 1.65 bits per heavy atom. The molecule has 20 heavy (non-hydrogen) atoms. The molecule has 0 saturated heterocycles. The molecule has 0 amide bonds. The summed E-state index contributed by atoms with van der Waals surface area (Å²) < 4.78 is 27.1. The molecule has 0 bridgehead atoms. The summed E-state index contributed by atoms with van der Waals surface area (Å²) in [5.74, 6) is 0. The zero-order valence-corrected chi connectivity index (χ0v) is 14.5. The highest BCUT2D eigenvalue weighted by molar-refractivity contribution is 7.89. The minimum atomic E-state index is -3.60. The molecule has 0 atom stereocenters. The van der Waals surface area contributed by atoms with Crippen molar-refractivity contribution in [1.29, 1.82) is 0 Å². The Balaban J connectivity index is 2.85. The van der Waals surface area contributed by atoms with Gasteiger partial charge in [-0.1, -0.05) is 37.0 Å². The zero-order valence-electron chi connectivity index (χ0n) is 12.1. The van der Waals surface area contributed by atoms with E-state index in [9.17, 15) is 8.42 Å². The largest absolute Gasteiger partial charge is 0.339 e. The van der Waals surface area contributed by atoms with Crippen LogP contribution < -0.4 is 9.62 Å². The lowest BCUT2D eigenvalue weighted by molar-refractivity contribution is -0.865. The second kappa shape index (κ2) is 6.62. The smallest absolute Gasteiger partial charge is 0.240 e. The monoisotopic (exact) mass is 339 g/mol. The van der Waals surface area contributed by atoms with Crippen molar-refractivity contribution in [3.05, 3.63) is 28.2 Å². The fourth-order valence-corrected chi connectivity index (χ4v) is 4.04. The van der Waals surface area contributed by atoms with E-state index in [0.717, 1.165) is 6.54 Å². The zero-order chi connectivity index (χ0) is 15.6. The van der Waals surface area contributed by atoms with Crippen LogP contribution in [0.25, 0.3) is 0 Å². The first-order valence-corrected chi connectivity index (χ1v) is 8.50. The summed E-state index contributed by atoms with van der Waals surface area (Å²) in [6.07, 6.45) is 0. The van der Waals surface area contributed by atoms with Crippen LogP contribution in [-0.4, -0.2) is 35.6 Å². The van der Waals surface area contributed by atoms with Gasteiger partial charge in [-0.15, -0.1) is 0 Å². The maximum absolute atomic E-state index is 12.2. The van der Waals surface area contributed by atoms with Crippen molar-refractivity contribution in [2.45, 2.75) is 18.7 Å². The topological polar surface area (TPSA) is 50.6 Å². The number of sulfonamides is 1. The average molecular weight is 340 g/mol. The highest BCUT2D eigenvalue weighted by atomic mass is 35.5. The normalized spacial score (nSPS) is 12.9. The van der Waals surface area contributed by atoms with Crippen LogP contribution in [0.3, 0.4) is 0 Å². The average Bonchev–Trinajstić information content (AvgIpc) is 2.23. The quantitative estimate of drug-likeness (QED) is 0.823. The molecule has 114 valence electrons. The van der Waals surface area contributed by atoms with Gasteiger partial charge in [0.1, 0.15) is 0 Å². The van der Waals surface area contributed by atoms with Crippen molar-refractivity contribution in [1.82, 2.24) is 4.72 Å². The van der Waals surface area contributed by atoms with Crippen molar-refractivity contribution in [3.63, 3.8) is 0 Å². The van der Waals surface area contributed by atoms with Gasteiger partial charge < -0.3 is 4.90 Å². The van der Waals surface area contributed by atoms with E-state index in [1.807, 2.05) is 27.9 Å². The van der Waals surface area contributed by atoms with Gasteiger partial charge in [0.2, 0.25) is 10.0 Å². The number of rotatable bonds is 6. The van der Waals surface area contributed by atoms with E-state index < -0.39 is 10.0 Å². The van der Waals surface area contributed by atoms with Crippen LogP contribution in [0.1, 0.15) is 13.8 Å². The van der Waals surface area contributed by atoms with Gasteiger partial charge in [-0.3, -0.25) is 0 Å². The van der Waals surface area contributed by atoms with E-state index in [0.29, 0.717) is 16.6 Å². The van der Waals surface area contributed by atoms with Crippen molar-refractivity contribution in [3.8, 4) is 0 Å². The second-order valence-corrected chi connectivity index (χ2v) is 8.62. The van der Waals surface area contributed by atoms with Crippen LogP contribution in [0.2, 0.25) is 10.0 Å². The molecule has 0 fully saturated rings. The number of benzene rings is 1. The molecule has 0 saturated carbocycles. The summed E-state index contributed by atoms with van der Waals surface area (Å²) >= 11 is 11.7. The van der Waals surface area contributed by atoms with E-state index in [-0.39, 0.29) is 10.3 Å². The predicted octanol–water partition coefficient (Wildman–Crippen LogP) is 1.44. The van der Waals surface area contributed by atoms with Gasteiger partial charge in [-0.05, 0) is 18.2 Å². The maximum Gasteiger partial charge on any atom is 0.240 e. The molecular formula is C13H21Cl2N2O2S+. The Kier molecular flexibility index (Phi) is 5.87. The second-order valence-electron chi connectivity index (χ2n) is 5.98. The summed E-state index contributed by atoms with van der Waals surface area (Å²) in [6, 6.07) is 4.28. The summed E-state index contributed by atoms with van der Waals surface area (Å²) in [5.41, 5.74) is -0.145. The molecule has 0 aliphatic heterocycles. The molecule has 7 heteroatoms. The van der Waals surface area contributed by atoms with E-state index in [1.54, 1.807) is 0 Å². The summed E-state index contributed by atoms with van der Waals surface area (Å²) in [5, 5.41) is 0.602. The van der Waals surface area contributed by atoms with Crippen molar-refractivity contribution in [2.24, 2.45) is 5.41 Å². The predicted molar refractivity (Wildman–Crippen MR) is 83.1 cm³/mol. The molecule has 0 spiro atoms. The molecule has 1 rings (SSSR count). The number of quaternary nitrogens is 1. The van der Waals surface area contributed by atoms with Crippen LogP contribution in [0, 0.1) is 5.41 Å². The van der Waals surface area contributed by atoms with Crippen molar-refractivity contribution in [2.75, 3.05) is 27.2 Å². The molecule has 0 aliphatic carbocycles. The lowest BCUT2D eigenvalue weighted by atomic mass is 9.93. The SMILES string of the molecule is C[NH+](C)CC(C)(C)CNS(=O)(=O)c1cc(Cl)cc(Cl)c1. The lowest BCUT2D eigenvalue weighted by Gasteiger charge is -2.26. The van der Waals surface area contributed by atoms with Crippen LogP contribution in [0.15, 0.2) is 23.1 Å². The standard InChI is InChI=1S/C13H20Cl2N2O2S/c1-13(2,9-17(3)4)8-16-20(18,19)12-6-10(14)5-11(15)7-12/h5-7,16H,8-9H2,1-4H3/p+1. The first kappa shape index (κ1) is 17.7. The molecule has 1 aromatic carbocycles. The van der Waals surface area contributed by atoms with Gasteiger partial charge in [0, 0.05) is 22.0 Å². The first-order chi connectivity index (χ1) is 9.02. The molecule has 0 unspecified atom stereocenters. The van der Waals surface area contributed by atoms with Gasteiger partial charge in [0.05, 0.1) is 25.5 Å². The third-order valence-corrected chi connectivity index (χ3v) is 4.54. The Hall–Kier alpha value is -0.330. The van der Waals surface area contributed by atoms with Gasteiger partial charge in [-0.2, -0.15) is 0 Å². The summed E-state index contributed by atoms with van der Waals surface area (Å²) in [7, 11) is 0.467. The van der Waals surface area contributed by atoms with Crippen LogP contribution in [0.4, 0.5) is 0 Å². The van der Waals surface area contributed by atoms with Crippen molar-refractivity contribution < 1.29 is 13.3 Å². The molecule has 4 nitrogen and oxygen atoms in total. The number of hydrogen-bond donors (Lipinski definition) is 2. The highest BCUT2D eigenvalue weighted by Crippen LogP contribution is 2.22. The molecule has 0 radical (unpaired) electrons. The Bertz CT molecular complexity index is 551. The van der Waals surface area contributed by atoms with E-state index >= 15 is 0 Å². The lowest BCUT2D eigenvalue weighted by Crippen LogP contribution is -3.07. The molecule has 0 aromatic heterocycles. The number of hydrogen-bond acceptors (Lipinski definition) is 2. The number of nitrogens with one attached hydrogen (secondary N) is 2. The maximum atomic E-state index is 12.2. The molecule has 2 N–H and O–H groups in total. The van der Waals surface area contributed by atoms with E-state index in [2.05, 4.69) is 4.72 Å². The summed E-state index contributed by atoms with van der Waals surface area (Å²) in [6.45, 7) is 5.25. The van der Waals surface area contributed by atoms with Crippen LogP contribution in [0.5, 0.6) is 0 Å². The minimum Gasteiger partial charge on any atom is -0.339 e.